The van der Waals surface area contributed by atoms with Gasteiger partial charge >= 0.3 is 12.2 Å². The maximum Gasteiger partial charge on any atom is 0.416 e. The summed E-state index contributed by atoms with van der Waals surface area (Å²) in [6.07, 6.45) is -6.80. The minimum Gasteiger partial charge on any atom is -0.497 e. The van der Waals surface area contributed by atoms with Crippen LogP contribution in [0.25, 0.3) is 0 Å². The summed E-state index contributed by atoms with van der Waals surface area (Å²) in [5.74, 6) is 0.593. The molecular weight excluding hydrogens is 564 g/mol. The third-order valence-electron chi connectivity index (χ3n) is 6.71. The highest BCUT2D eigenvalue weighted by atomic mass is 35.5. The van der Waals surface area contributed by atoms with Gasteiger partial charge in [-0.1, -0.05) is 12.1 Å². The molecule has 4 N–H and O–H groups in total. The zero-order valence-electron chi connectivity index (χ0n) is 21.1. The fraction of sp³-hybridized carbons (Fsp3) is 0.480. The van der Waals surface area contributed by atoms with Crippen LogP contribution in [0.4, 0.5) is 29.3 Å². The van der Waals surface area contributed by atoms with Crippen molar-refractivity contribution in [2.45, 2.75) is 30.5 Å². The fourth-order valence-corrected chi connectivity index (χ4v) is 4.82. The molecule has 2 aromatic carbocycles. The smallest absolute Gasteiger partial charge is 0.416 e. The van der Waals surface area contributed by atoms with Crippen LogP contribution in [-0.4, -0.2) is 91.9 Å². The second kappa shape index (κ2) is 14.2. The first-order valence-electron chi connectivity index (χ1n) is 12.0. The van der Waals surface area contributed by atoms with E-state index in [4.69, 9.17) is 9.47 Å². The summed E-state index contributed by atoms with van der Waals surface area (Å²) in [6, 6.07) is 11.1. The summed E-state index contributed by atoms with van der Waals surface area (Å²) in [7, 11) is 1.53. The van der Waals surface area contributed by atoms with Crippen LogP contribution in [-0.2, 0) is 10.9 Å². The number of carbonyl (C=O) groups is 1. The van der Waals surface area contributed by atoms with Gasteiger partial charge in [0.2, 0.25) is 0 Å². The lowest BCUT2D eigenvalue weighted by atomic mass is 10.0. The average molecular weight is 597 g/mol. The second-order valence-corrected chi connectivity index (χ2v) is 9.01. The van der Waals surface area contributed by atoms with Crippen LogP contribution in [0.3, 0.4) is 0 Å². The van der Waals surface area contributed by atoms with Gasteiger partial charge in [-0.3, -0.25) is 4.90 Å². The minimum absolute atomic E-state index is 0. The topological polar surface area (TPSA) is 107 Å². The molecule has 4 rings (SSSR count). The van der Waals surface area contributed by atoms with Gasteiger partial charge < -0.3 is 35.2 Å². The summed E-state index contributed by atoms with van der Waals surface area (Å²) in [4.78, 5) is 16.3. The van der Waals surface area contributed by atoms with E-state index in [2.05, 4.69) is 10.6 Å². The van der Waals surface area contributed by atoms with E-state index in [1.165, 1.54) is 13.2 Å². The Balaban J connectivity index is 0.00000267. The molecular formula is C25H33Cl2F3N4O5. The van der Waals surface area contributed by atoms with Crippen LogP contribution >= 0.6 is 24.8 Å². The summed E-state index contributed by atoms with van der Waals surface area (Å²) < 4.78 is 50.3. The standard InChI is InChI=1S/C25H31F3N4O5.2ClH/c1-36-19-7-3-5-17(13-19)30-24(35)29-14-20-22(23(34)21(15-33)37-20)32-10-8-31(9-11-32)18-6-2-4-16(12-18)25(26,27)28;;/h2-7,12-13,20-23,33-34H,8-11,14-15H2,1H3,(H2,29,30,35);2*1H/t20-,21+,22+,23-;;/m1../s1. The first-order valence-corrected chi connectivity index (χ1v) is 12.0. The van der Waals surface area contributed by atoms with E-state index in [0.29, 0.717) is 43.3 Å². The molecule has 0 aliphatic carbocycles. The Morgan fingerprint density at radius 1 is 1.08 bits per heavy atom. The highest BCUT2D eigenvalue weighted by Gasteiger charge is 2.46. The number of nitrogens with one attached hydrogen (secondary N) is 2. The third-order valence-corrected chi connectivity index (χ3v) is 6.71. The summed E-state index contributed by atoms with van der Waals surface area (Å²) in [5.41, 5.74) is 0.328. The van der Waals surface area contributed by atoms with E-state index >= 15 is 0 Å². The Labute approximate surface area is 237 Å². The lowest BCUT2D eigenvalue weighted by Gasteiger charge is -2.41. The van der Waals surface area contributed by atoms with Gasteiger partial charge in [-0.15, -0.1) is 24.8 Å². The maximum absolute atomic E-state index is 13.1. The van der Waals surface area contributed by atoms with Crippen LogP contribution in [0.5, 0.6) is 5.75 Å². The number of aliphatic hydroxyl groups is 2. The number of halogens is 5. The predicted molar refractivity (Wildman–Crippen MR) is 145 cm³/mol. The van der Waals surface area contributed by atoms with Crippen molar-refractivity contribution < 1.29 is 37.7 Å². The normalized spacial score (nSPS) is 23.4. The Morgan fingerprint density at radius 3 is 2.41 bits per heavy atom. The van der Waals surface area contributed by atoms with Gasteiger partial charge in [0.05, 0.1) is 31.4 Å². The number of carbonyl (C=O) groups excluding carboxylic acids is 1. The quantitative estimate of drug-likeness (QED) is 0.389. The number of aliphatic hydroxyl groups excluding tert-OH is 2. The fourth-order valence-electron chi connectivity index (χ4n) is 4.82. The van der Waals surface area contributed by atoms with Crippen molar-refractivity contribution in [2.75, 3.05) is 56.7 Å². The molecule has 2 fully saturated rings. The Hall–Kier alpha value is -2.48. The molecule has 2 heterocycles. The number of anilines is 2. The van der Waals surface area contributed by atoms with Gasteiger partial charge in [-0.2, -0.15) is 13.2 Å². The van der Waals surface area contributed by atoms with Crippen LogP contribution in [0.1, 0.15) is 5.56 Å². The number of urea groups is 1. The highest BCUT2D eigenvalue weighted by molar-refractivity contribution is 5.89. The summed E-state index contributed by atoms with van der Waals surface area (Å²) in [5, 5.41) is 26.0. The molecule has 2 aromatic rings. The molecule has 9 nitrogen and oxygen atoms in total. The zero-order chi connectivity index (χ0) is 26.6. The number of methoxy groups -OCH3 is 1. The number of piperazine rings is 1. The van der Waals surface area contributed by atoms with Crippen LogP contribution in [0.2, 0.25) is 0 Å². The van der Waals surface area contributed by atoms with Crippen molar-refractivity contribution in [3.63, 3.8) is 0 Å². The van der Waals surface area contributed by atoms with Crippen molar-refractivity contribution in [1.82, 2.24) is 10.2 Å². The van der Waals surface area contributed by atoms with E-state index in [-0.39, 0.29) is 38.0 Å². The number of rotatable bonds is 7. The predicted octanol–water partition coefficient (Wildman–Crippen LogP) is 2.99. The van der Waals surface area contributed by atoms with Crippen molar-refractivity contribution in [3.8, 4) is 5.75 Å². The van der Waals surface area contributed by atoms with Gasteiger partial charge in [-0.25, -0.2) is 4.79 Å². The molecule has 2 amide bonds. The van der Waals surface area contributed by atoms with E-state index in [0.717, 1.165) is 12.1 Å². The zero-order valence-corrected chi connectivity index (χ0v) is 22.8. The van der Waals surface area contributed by atoms with Crippen molar-refractivity contribution in [3.05, 3.63) is 54.1 Å². The van der Waals surface area contributed by atoms with Crippen molar-refractivity contribution in [2.24, 2.45) is 0 Å². The first kappa shape index (κ1) is 32.7. The van der Waals surface area contributed by atoms with E-state index in [1.54, 1.807) is 30.3 Å². The van der Waals surface area contributed by atoms with Gasteiger partial charge in [0.1, 0.15) is 18.0 Å². The van der Waals surface area contributed by atoms with Gasteiger partial charge in [0, 0.05) is 50.2 Å². The number of hydrogen-bond donors (Lipinski definition) is 4. The molecule has 0 unspecified atom stereocenters. The van der Waals surface area contributed by atoms with Crippen LogP contribution < -0.4 is 20.3 Å². The van der Waals surface area contributed by atoms with E-state index < -0.39 is 42.1 Å². The van der Waals surface area contributed by atoms with Gasteiger partial charge in [-0.05, 0) is 30.3 Å². The molecule has 0 bridgehead atoms. The SMILES string of the molecule is COc1cccc(NC(=O)NC[C@H]2O[C@@H](CO)[C@@H](O)[C@H]2N2CCN(c3cccc(C(F)(F)F)c3)CC2)c1.Cl.Cl. The molecule has 2 aliphatic rings. The molecule has 39 heavy (non-hydrogen) atoms. The van der Waals surface area contributed by atoms with Gasteiger partial charge in [0.25, 0.3) is 0 Å². The lowest BCUT2D eigenvalue weighted by molar-refractivity contribution is -0.137. The number of amides is 2. The molecule has 0 aromatic heterocycles. The number of alkyl halides is 3. The average Bonchev–Trinajstić information content (AvgIpc) is 3.22. The van der Waals surface area contributed by atoms with Crippen LogP contribution in [0, 0.1) is 0 Å². The number of ether oxygens (including phenoxy) is 2. The number of nitrogens with zero attached hydrogens (tertiary/aromatic N) is 2. The molecule has 218 valence electrons. The molecule has 0 radical (unpaired) electrons. The molecule has 2 aliphatic heterocycles. The monoisotopic (exact) mass is 596 g/mol. The Kier molecular flexibility index (Phi) is 12.0. The Bertz CT molecular complexity index is 1080. The maximum atomic E-state index is 13.1. The number of hydrogen-bond acceptors (Lipinski definition) is 7. The van der Waals surface area contributed by atoms with Crippen LogP contribution in [0.15, 0.2) is 48.5 Å². The van der Waals surface area contributed by atoms with E-state index in [9.17, 15) is 28.2 Å². The van der Waals surface area contributed by atoms with Crippen molar-refractivity contribution >= 4 is 42.2 Å². The lowest BCUT2D eigenvalue weighted by Crippen LogP contribution is -2.57. The first-order chi connectivity index (χ1) is 17.7. The summed E-state index contributed by atoms with van der Waals surface area (Å²) >= 11 is 0. The second-order valence-electron chi connectivity index (χ2n) is 9.01. The molecule has 0 spiro atoms. The summed E-state index contributed by atoms with van der Waals surface area (Å²) in [6.45, 7) is 1.53. The number of benzene rings is 2. The molecule has 2 saturated heterocycles. The minimum atomic E-state index is -4.42. The van der Waals surface area contributed by atoms with Gasteiger partial charge in [0.15, 0.2) is 0 Å². The molecule has 4 atom stereocenters. The molecule has 14 heteroatoms. The highest BCUT2D eigenvalue weighted by Crippen LogP contribution is 2.32. The van der Waals surface area contributed by atoms with E-state index in [1.807, 2.05) is 9.80 Å². The molecule has 0 saturated carbocycles. The third kappa shape index (κ3) is 8.03. The Morgan fingerprint density at radius 2 is 1.77 bits per heavy atom. The van der Waals surface area contributed by atoms with Crippen molar-refractivity contribution in [1.29, 1.82) is 0 Å². The largest absolute Gasteiger partial charge is 0.497 e.